The molecule has 4 nitrogen and oxygen atoms in total. The molecule has 1 unspecified atom stereocenters. The molecule has 1 aromatic carbocycles. The van der Waals surface area contributed by atoms with Gasteiger partial charge in [0.25, 0.3) is 0 Å². The van der Waals surface area contributed by atoms with E-state index in [2.05, 4.69) is 15.3 Å². The zero-order valence-corrected chi connectivity index (χ0v) is 13.3. The van der Waals surface area contributed by atoms with E-state index in [1.54, 1.807) is 29.8 Å². The molecular formula is C17H16FN3OS. The third kappa shape index (κ3) is 3.04. The van der Waals surface area contributed by atoms with Crippen LogP contribution in [-0.4, -0.2) is 29.2 Å². The van der Waals surface area contributed by atoms with Crippen LogP contribution in [0.25, 0.3) is 20.7 Å². The van der Waals surface area contributed by atoms with Gasteiger partial charge in [-0.3, -0.25) is 0 Å². The summed E-state index contributed by atoms with van der Waals surface area (Å²) < 4.78 is 19.7. The van der Waals surface area contributed by atoms with Crippen LogP contribution in [0.4, 0.5) is 10.2 Å². The molecule has 1 atom stereocenters. The number of rotatable bonds is 4. The Balaban J connectivity index is 1.62. The standard InChI is InChI=1S/C17H16FN3OS/c18-12-5-3-11(4-6-12)15-8-14-16(23-15)17(21-10-20-14)19-9-13-2-1-7-22-13/h3-6,8,10,13H,1-2,7,9H2,(H,19,20,21). The zero-order valence-electron chi connectivity index (χ0n) is 12.5. The molecule has 2 aromatic heterocycles. The predicted octanol–water partition coefficient (Wildman–Crippen LogP) is 4.09. The molecular weight excluding hydrogens is 313 g/mol. The summed E-state index contributed by atoms with van der Waals surface area (Å²) in [5, 5.41) is 3.38. The number of hydrogen-bond acceptors (Lipinski definition) is 5. The van der Waals surface area contributed by atoms with Crippen LogP contribution in [0, 0.1) is 5.82 Å². The summed E-state index contributed by atoms with van der Waals surface area (Å²) in [7, 11) is 0. The molecule has 4 rings (SSSR count). The number of aromatic nitrogens is 2. The van der Waals surface area contributed by atoms with Crippen molar-refractivity contribution in [3.8, 4) is 10.4 Å². The van der Waals surface area contributed by atoms with E-state index < -0.39 is 0 Å². The Morgan fingerprint density at radius 1 is 1.26 bits per heavy atom. The first-order chi connectivity index (χ1) is 11.3. The van der Waals surface area contributed by atoms with E-state index in [0.717, 1.165) is 52.5 Å². The molecule has 3 aromatic rings. The maximum Gasteiger partial charge on any atom is 0.147 e. The van der Waals surface area contributed by atoms with E-state index in [9.17, 15) is 4.39 Å². The number of hydrogen-bond donors (Lipinski definition) is 1. The monoisotopic (exact) mass is 329 g/mol. The molecule has 1 fully saturated rings. The first kappa shape index (κ1) is 14.5. The van der Waals surface area contributed by atoms with Gasteiger partial charge in [0.15, 0.2) is 0 Å². The molecule has 0 aliphatic carbocycles. The SMILES string of the molecule is Fc1ccc(-c2cc3ncnc(NCC4CCCO4)c3s2)cc1. The normalized spacial score (nSPS) is 17.7. The second kappa shape index (κ2) is 6.22. The fourth-order valence-electron chi connectivity index (χ4n) is 2.75. The lowest BCUT2D eigenvalue weighted by atomic mass is 10.2. The molecule has 1 aliphatic heterocycles. The Kier molecular flexibility index (Phi) is 3.93. The van der Waals surface area contributed by atoms with Gasteiger partial charge in [0.1, 0.15) is 18.0 Å². The van der Waals surface area contributed by atoms with Crippen LogP contribution < -0.4 is 5.32 Å². The highest BCUT2D eigenvalue weighted by Crippen LogP contribution is 2.35. The first-order valence-electron chi connectivity index (χ1n) is 7.65. The van der Waals surface area contributed by atoms with Crippen molar-refractivity contribution in [3.63, 3.8) is 0 Å². The Labute approximate surface area is 137 Å². The molecule has 3 heterocycles. The molecule has 1 N–H and O–H groups in total. The van der Waals surface area contributed by atoms with E-state index >= 15 is 0 Å². The number of thiophene rings is 1. The minimum atomic E-state index is -0.228. The Morgan fingerprint density at radius 2 is 2.13 bits per heavy atom. The lowest BCUT2D eigenvalue weighted by molar-refractivity contribution is 0.120. The summed E-state index contributed by atoms with van der Waals surface area (Å²) in [4.78, 5) is 9.76. The van der Waals surface area contributed by atoms with Crippen LogP contribution in [0.3, 0.4) is 0 Å². The summed E-state index contributed by atoms with van der Waals surface area (Å²) in [5.41, 5.74) is 1.89. The summed E-state index contributed by atoms with van der Waals surface area (Å²) in [6, 6.07) is 8.54. The quantitative estimate of drug-likeness (QED) is 0.783. The number of nitrogens with one attached hydrogen (secondary N) is 1. The summed E-state index contributed by atoms with van der Waals surface area (Å²) >= 11 is 1.61. The molecule has 118 valence electrons. The van der Waals surface area contributed by atoms with Crippen molar-refractivity contribution in [3.05, 3.63) is 42.5 Å². The molecule has 1 saturated heterocycles. The number of halogens is 1. The van der Waals surface area contributed by atoms with E-state index in [4.69, 9.17) is 4.74 Å². The summed E-state index contributed by atoms with van der Waals surface area (Å²) in [5.74, 6) is 0.609. The summed E-state index contributed by atoms with van der Waals surface area (Å²) in [6.07, 6.45) is 4.05. The van der Waals surface area contributed by atoms with Gasteiger partial charge in [-0.2, -0.15) is 0 Å². The molecule has 0 radical (unpaired) electrons. The smallest absolute Gasteiger partial charge is 0.147 e. The zero-order chi connectivity index (χ0) is 15.6. The van der Waals surface area contributed by atoms with Gasteiger partial charge in [-0.15, -0.1) is 11.3 Å². The first-order valence-corrected chi connectivity index (χ1v) is 8.47. The minimum absolute atomic E-state index is 0.228. The van der Waals surface area contributed by atoms with Crippen molar-refractivity contribution in [2.75, 3.05) is 18.5 Å². The predicted molar refractivity (Wildman–Crippen MR) is 90.3 cm³/mol. The second-order valence-electron chi connectivity index (χ2n) is 5.57. The van der Waals surface area contributed by atoms with Gasteiger partial charge in [-0.1, -0.05) is 12.1 Å². The number of anilines is 1. The topological polar surface area (TPSA) is 47.0 Å². The second-order valence-corrected chi connectivity index (χ2v) is 6.62. The molecule has 23 heavy (non-hydrogen) atoms. The van der Waals surface area contributed by atoms with E-state index in [1.807, 2.05) is 6.07 Å². The van der Waals surface area contributed by atoms with Gasteiger partial charge in [-0.25, -0.2) is 14.4 Å². The molecule has 1 aliphatic rings. The average molecular weight is 329 g/mol. The highest BCUT2D eigenvalue weighted by Gasteiger charge is 2.16. The largest absolute Gasteiger partial charge is 0.376 e. The van der Waals surface area contributed by atoms with Gasteiger partial charge in [0.2, 0.25) is 0 Å². The molecule has 0 saturated carbocycles. The lowest BCUT2D eigenvalue weighted by Gasteiger charge is -2.11. The maximum absolute atomic E-state index is 13.1. The fourth-order valence-corrected chi connectivity index (χ4v) is 3.83. The van der Waals surface area contributed by atoms with Crippen molar-refractivity contribution < 1.29 is 9.13 Å². The summed E-state index contributed by atoms with van der Waals surface area (Å²) in [6.45, 7) is 1.61. The number of benzene rings is 1. The third-order valence-corrected chi connectivity index (χ3v) is 5.14. The minimum Gasteiger partial charge on any atom is -0.376 e. The third-order valence-electron chi connectivity index (χ3n) is 3.96. The Bertz CT molecular complexity index is 812. The van der Waals surface area contributed by atoms with Crippen LogP contribution in [0.1, 0.15) is 12.8 Å². The van der Waals surface area contributed by atoms with Crippen LogP contribution in [-0.2, 0) is 4.74 Å². The highest BCUT2D eigenvalue weighted by molar-refractivity contribution is 7.22. The molecule has 0 spiro atoms. The van der Waals surface area contributed by atoms with Gasteiger partial charge in [0.05, 0.1) is 16.3 Å². The van der Waals surface area contributed by atoms with E-state index in [0.29, 0.717) is 0 Å². The Hall–Kier alpha value is -2.05. The molecule has 6 heteroatoms. The fraction of sp³-hybridized carbons (Fsp3) is 0.294. The van der Waals surface area contributed by atoms with Gasteiger partial charge in [-0.05, 0) is 36.6 Å². The van der Waals surface area contributed by atoms with E-state index in [1.165, 1.54) is 12.1 Å². The van der Waals surface area contributed by atoms with Gasteiger partial charge >= 0.3 is 0 Å². The van der Waals surface area contributed by atoms with Gasteiger partial charge < -0.3 is 10.1 Å². The van der Waals surface area contributed by atoms with Crippen molar-refractivity contribution >= 4 is 27.4 Å². The van der Waals surface area contributed by atoms with Crippen molar-refractivity contribution in [1.82, 2.24) is 9.97 Å². The number of ether oxygens (including phenoxy) is 1. The van der Waals surface area contributed by atoms with Crippen molar-refractivity contribution in [1.29, 1.82) is 0 Å². The van der Waals surface area contributed by atoms with E-state index in [-0.39, 0.29) is 11.9 Å². The number of nitrogens with zero attached hydrogens (tertiary/aromatic N) is 2. The molecule has 0 bridgehead atoms. The number of fused-ring (bicyclic) bond motifs is 1. The van der Waals surface area contributed by atoms with Gasteiger partial charge in [0, 0.05) is 18.0 Å². The van der Waals surface area contributed by atoms with Crippen molar-refractivity contribution in [2.24, 2.45) is 0 Å². The lowest BCUT2D eigenvalue weighted by Crippen LogP contribution is -2.18. The van der Waals surface area contributed by atoms with Crippen LogP contribution in [0.15, 0.2) is 36.7 Å². The van der Waals surface area contributed by atoms with Crippen molar-refractivity contribution in [2.45, 2.75) is 18.9 Å². The Morgan fingerprint density at radius 3 is 2.91 bits per heavy atom. The average Bonchev–Trinajstić information content (AvgIpc) is 3.23. The van der Waals surface area contributed by atoms with Crippen LogP contribution >= 0.6 is 11.3 Å². The molecule has 0 amide bonds. The van der Waals surface area contributed by atoms with Crippen LogP contribution in [0.5, 0.6) is 0 Å². The van der Waals surface area contributed by atoms with Crippen LogP contribution in [0.2, 0.25) is 0 Å². The highest BCUT2D eigenvalue weighted by atomic mass is 32.1. The maximum atomic E-state index is 13.1.